The predicted octanol–water partition coefficient (Wildman–Crippen LogP) is 0.155. The second-order valence-corrected chi connectivity index (χ2v) is 4.50. The Balaban J connectivity index is 2.10. The minimum atomic E-state index is -1.01. The van der Waals surface area contributed by atoms with Crippen LogP contribution >= 0.6 is 11.5 Å². The van der Waals surface area contributed by atoms with E-state index in [1.165, 1.54) is 16.2 Å². The molecule has 1 aliphatic rings. The normalized spacial score (nSPS) is 17.6. The number of hydrogen-bond acceptors (Lipinski definition) is 7. The van der Waals surface area contributed by atoms with Crippen LogP contribution in [0, 0.1) is 0 Å². The molecule has 0 aliphatic heterocycles. The summed E-state index contributed by atoms with van der Waals surface area (Å²) in [5, 5.41) is 26.1. The molecule has 0 bridgehead atoms. The summed E-state index contributed by atoms with van der Waals surface area (Å²) >= 11 is 1.17. The van der Waals surface area contributed by atoms with Crippen molar-refractivity contribution >= 4 is 17.5 Å². The third-order valence-electron chi connectivity index (χ3n) is 3.04. The van der Waals surface area contributed by atoms with Gasteiger partial charge in [-0.15, -0.1) is 10.2 Å². The summed E-state index contributed by atoms with van der Waals surface area (Å²) in [6, 6.07) is 0. The number of rotatable bonds is 3. The van der Waals surface area contributed by atoms with E-state index in [1.807, 2.05) is 0 Å². The molecule has 1 fully saturated rings. The number of nitrogens with zero attached hydrogens (tertiary/aromatic N) is 6. The molecule has 88 valence electrons. The molecule has 9 heteroatoms. The standard InChI is InChI=1S/C8H8N6O2S/c15-7(16)8(2-1-3-8)14-6(10-11-12-14)5-4-17-13-9-5/h4H,1-3H2,(H,15,16). The van der Waals surface area contributed by atoms with Crippen LogP contribution in [-0.2, 0) is 10.3 Å². The van der Waals surface area contributed by atoms with E-state index in [4.69, 9.17) is 0 Å². The molecule has 0 saturated heterocycles. The first-order chi connectivity index (χ1) is 8.24. The lowest BCUT2D eigenvalue weighted by Crippen LogP contribution is -2.48. The molecule has 1 aliphatic carbocycles. The Morgan fingerprint density at radius 2 is 2.29 bits per heavy atom. The van der Waals surface area contributed by atoms with Crippen molar-refractivity contribution in [2.24, 2.45) is 0 Å². The van der Waals surface area contributed by atoms with Crippen LogP contribution in [0.3, 0.4) is 0 Å². The van der Waals surface area contributed by atoms with Gasteiger partial charge in [0.05, 0.1) is 0 Å². The highest BCUT2D eigenvalue weighted by Crippen LogP contribution is 2.40. The molecule has 2 aromatic rings. The van der Waals surface area contributed by atoms with Gasteiger partial charge in [0, 0.05) is 5.38 Å². The van der Waals surface area contributed by atoms with Crippen molar-refractivity contribution in [3.63, 3.8) is 0 Å². The van der Waals surface area contributed by atoms with Gasteiger partial charge in [-0.3, -0.25) is 0 Å². The van der Waals surface area contributed by atoms with Crippen LogP contribution in [-0.4, -0.2) is 40.9 Å². The monoisotopic (exact) mass is 252 g/mol. The quantitative estimate of drug-likeness (QED) is 0.828. The molecule has 2 aromatic heterocycles. The van der Waals surface area contributed by atoms with Gasteiger partial charge in [-0.2, -0.15) is 0 Å². The smallest absolute Gasteiger partial charge is 0.331 e. The summed E-state index contributed by atoms with van der Waals surface area (Å²) in [5.74, 6) is -0.540. The Bertz CT molecular complexity index is 546. The van der Waals surface area contributed by atoms with E-state index in [2.05, 4.69) is 25.1 Å². The molecule has 1 N–H and O–H groups in total. The zero-order valence-corrected chi connectivity index (χ0v) is 9.46. The average molecular weight is 252 g/mol. The van der Waals surface area contributed by atoms with Crippen LogP contribution < -0.4 is 0 Å². The van der Waals surface area contributed by atoms with E-state index in [0.717, 1.165) is 6.42 Å². The van der Waals surface area contributed by atoms with E-state index < -0.39 is 11.5 Å². The summed E-state index contributed by atoms with van der Waals surface area (Å²) in [5.41, 5.74) is -0.504. The Morgan fingerprint density at radius 3 is 2.82 bits per heavy atom. The topological polar surface area (TPSA) is 107 Å². The van der Waals surface area contributed by atoms with Crippen molar-refractivity contribution < 1.29 is 9.90 Å². The number of carboxylic acids is 1. The molecule has 3 rings (SSSR count). The van der Waals surface area contributed by atoms with Crippen molar-refractivity contribution in [1.82, 2.24) is 29.8 Å². The van der Waals surface area contributed by atoms with Crippen LogP contribution in [0.5, 0.6) is 0 Å². The average Bonchev–Trinajstić information content (AvgIpc) is 2.82. The van der Waals surface area contributed by atoms with Gasteiger partial charge >= 0.3 is 5.97 Å². The van der Waals surface area contributed by atoms with Crippen LogP contribution in [0.2, 0.25) is 0 Å². The lowest BCUT2D eigenvalue weighted by atomic mass is 9.77. The van der Waals surface area contributed by atoms with E-state index in [0.29, 0.717) is 24.4 Å². The third-order valence-corrected chi connectivity index (χ3v) is 3.55. The van der Waals surface area contributed by atoms with E-state index in [1.54, 1.807) is 5.38 Å². The van der Waals surface area contributed by atoms with Gasteiger partial charge in [0.25, 0.3) is 0 Å². The zero-order valence-electron chi connectivity index (χ0n) is 8.65. The maximum Gasteiger partial charge on any atom is 0.331 e. The molecule has 1 saturated carbocycles. The minimum Gasteiger partial charge on any atom is -0.479 e. The molecule has 0 atom stereocenters. The SMILES string of the molecule is O=C(O)C1(n2nnnc2-c2csnn2)CCC1. The number of carboxylic acid groups (broad SMARTS) is 1. The fraction of sp³-hybridized carbons (Fsp3) is 0.500. The van der Waals surface area contributed by atoms with Crippen LogP contribution in [0.4, 0.5) is 0 Å². The minimum absolute atomic E-state index is 0.362. The maximum absolute atomic E-state index is 11.4. The number of aromatic nitrogens is 6. The highest BCUT2D eigenvalue weighted by Gasteiger charge is 2.49. The number of aliphatic carboxylic acids is 1. The van der Waals surface area contributed by atoms with Gasteiger partial charge < -0.3 is 5.11 Å². The Hall–Kier alpha value is -1.90. The molecule has 0 unspecified atom stereocenters. The van der Waals surface area contributed by atoms with E-state index in [9.17, 15) is 9.90 Å². The number of carbonyl (C=O) groups is 1. The second kappa shape index (κ2) is 3.55. The first-order valence-corrected chi connectivity index (χ1v) is 5.87. The highest BCUT2D eigenvalue weighted by atomic mass is 32.1. The summed E-state index contributed by atoms with van der Waals surface area (Å²) in [6.07, 6.45) is 1.94. The van der Waals surface area contributed by atoms with Crippen molar-refractivity contribution in [1.29, 1.82) is 0 Å². The van der Waals surface area contributed by atoms with Gasteiger partial charge in [-0.25, -0.2) is 9.48 Å². The van der Waals surface area contributed by atoms with Crippen molar-refractivity contribution in [3.8, 4) is 11.5 Å². The van der Waals surface area contributed by atoms with E-state index >= 15 is 0 Å². The van der Waals surface area contributed by atoms with Crippen molar-refractivity contribution in [3.05, 3.63) is 5.38 Å². The van der Waals surface area contributed by atoms with E-state index in [-0.39, 0.29) is 0 Å². The molecule has 0 aromatic carbocycles. The van der Waals surface area contributed by atoms with Crippen molar-refractivity contribution in [2.45, 2.75) is 24.8 Å². The zero-order chi connectivity index (χ0) is 11.9. The first-order valence-electron chi connectivity index (χ1n) is 5.04. The Kier molecular flexibility index (Phi) is 2.15. The first kappa shape index (κ1) is 10.3. The highest BCUT2D eigenvalue weighted by molar-refractivity contribution is 7.03. The Morgan fingerprint density at radius 1 is 1.47 bits per heavy atom. The van der Waals surface area contributed by atoms with Gasteiger partial charge in [-0.1, -0.05) is 4.49 Å². The fourth-order valence-corrected chi connectivity index (χ4v) is 2.36. The third kappa shape index (κ3) is 1.35. The summed E-state index contributed by atoms with van der Waals surface area (Å²) in [7, 11) is 0. The fourth-order valence-electron chi connectivity index (χ4n) is 1.93. The number of hydrogen-bond donors (Lipinski definition) is 1. The second-order valence-electron chi connectivity index (χ2n) is 3.89. The molecule has 8 nitrogen and oxygen atoms in total. The van der Waals surface area contributed by atoms with Gasteiger partial charge in [0.15, 0.2) is 5.54 Å². The summed E-state index contributed by atoms with van der Waals surface area (Å²) < 4.78 is 5.08. The largest absolute Gasteiger partial charge is 0.479 e. The van der Waals surface area contributed by atoms with Gasteiger partial charge in [0.2, 0.25) is 5.82 Å². The van der Waals surface area contributed by atoms with Gasteiger partial charge in [0.1, 0.15) is 5.69 Å². The molecule has 2 heterocycles. The molecule has 17 heavy (non-hydrogen) atoms. The lowest BCUT2D eigenvalue weighted by Gasteiger charge is -2.37. The maximum atomic E-state index is 11.4. The summed E-state index contributed by atoms with van der Waals surface area (Å²) in [6.45, 7) is 0. The lowest BCUT2D eigenvalue weighted by molar-refractivity contribution is -0.153. The molecule has 0 spiro atoms. The number of tetrazole rings is 1. The summed E-state index contributed by atoms with van der Waals surface area (Å²) in [4.78, 5) is 11.4. The van der Waals surface area contributed by atoms with Gasteiger partial charge in [-0.05, 0) is 41.2 Å². The molecular formula is C8H8N6O2S. The van der Waals surface area contributed by atoms with Crippen LogP contribution in [0.25, 0.3) is 11.5 Å². The molecular weight excluding hydrogens is 244 g/mol. The Labute approximate surface area is 99.4 Å². The molecule has 0 radical (unpaired) electrons. The predicted molar refractivity (Wildman–Crippen MR) is 56.2 cm³/mol. The van der Waals surface area contributed by atoms with Crippen LogP contribution in [0.15, 0.2) is 5.38 Å². The van der Waals surface area contributed by atoms with Crippen LogP contribution in [0.1, 0.15) is 19.3 Å². The van der Waals surface area contributed by atoms with Crippen molar-refractivity contribution in [2.75, 3.05) is 0 Å². The molecule has 0 amide bonds.